The van der Waals surface area contributed by atoms with Crippen LogP contribution in [0, 0.1) is 11.8 Å². The van der Waals surface area contributed by atoms with Gasteiger partial charge in [0.15, 0.2) is 17.3 Å². The van der Waals surface area contributed by atoms with Crippen molar-refractivity contribution in [2.75, 3.05) is 31.8 Å². The third kappa shape index (κ3) is 5.59. The number of halogens is 1. The second kappa shape index (κ2) is 12.2. The maximum atomic E-state index is 13.8. The van der Waals surface area contributed by atoms with E-state index in [0.29, 0.717) is 45.8 Å². The van der Waals surface area contributed by atoms with Crippen LogP contribution in [-0.4, -0.2) is 54.7 Å². The van der Waals surface area contributed by atoms with Gasteiger partial charge >= 0.3 is 11.9 Å². The van der Waals surface area contributed by atoms with Gasteiger partial charge in [0.2, 0.25) is 0 Å². The van der Waals surface area contributed by atoms with E-state index in [-0.39, 0.29) is 29.6 Å². The first-order valence-corrected chi connectivity index (χ1v) is 13.8. The van der Waals surface area contributed by atoms with Crippen molar-refractivity contribution in [3.05, 3.63) is 44.7 Å². The summed E-state index contributed by atoms with van der Waals surface area (Å²) in [6.07, 6.45) is 0.432. The molecule has 3 rings (SSSR count). The summed E-state index contributed by atoms with van der Waals surface area (Å²) in [5, 5.41) is 13.7. The van der Waals surface area contributed by atoms with Gasteiger partial charge in [-0.25, -0.2) is 4.79 Å². The molecule has 2 N–H and O–H groups in total. The van der Waals surface area contributed by atoms with E-state index >= 15 is 0 Å². The van der Waals surface area contributed by atoms with E-state index in [2.05, 4.69) is 21.2 Å². The highest BCUT2D eigenvalue weighted by atomic mass is 79.9. The minimum Gasteiger partial charge on any atom is -0.503 e. The Bertz CT molecular complexity index is 1110. The van der Waals surface area contributed by atoms with E-state index in [1.54, 1.807) is 37.7 Å². The van der Waals surface area contributed by atoms with Gasteiger partial charge in [-0.15, -0.1) is 0 Å². The molecule has 1 heterocycles. The van der Waals surface area contributed by atoms with E-state index in [0.717, 1.165) is 5.75 Å². The van der Waals surface area contributed by atoms with Crippen molar-refractivity contribution in [1.29, 1.82) is 0 Å². The highest BCUT2D eigenvalue weighted by Gasteiger charge is 2.47. The lowest BCUT2D eigenvalue weighted by molar-refractivity contribution is -0.151. The molecule has 196 valence electrons. The average Bonchev–Trinajstić information content (AvgIpc) is 2.83. The molecule has 0 amide bonds. The Morgan fingerprint density at radius 1 is 1.28 bits per heavy atom. The summed E-state index contributed by atoms with van der Waals surface area (Å²) in [5.41, 5.74) is 2.39. The van der Waals surface area contributed by atoms with Gasteiger partial charge in [0.1, 0.15) is 12.5 Å². The molecule has 3 atom stereocenters. The highest BCUT2D eigenvalue weighted by molar-refractivity contribution is 9.10. The van der Waals surface area contributed by atoms with Crippen LogP contribution >= 0.6 is 27.7 Å². The number of Topliss-reactive ketones (excluding diaryl/α,β-unsaturated/α-hetero) is 1. The van der Waals surface area contributed by atoms with Crippen LogP contribution in [0.4, 0.5) is 0 Å². The van der Waals surface area contributed by atoms with Gasteiger partial charge in [0.25, 0.3) is 0 Å². The number of thioether (sulfide) groups is 1. The summed E-state index contributed by atoms with van der Waals surface area (Å²) in [6.45, 7) is 7.96. The maximum Gasteiger partial charge on any atom is 0.336 e. The van der Waals surface area contributed by atoms with Crippen LogP contribution in [0.15, 0.2) is 39.1 Å². The van der Waals surface area contributed by atoms with E-state index in [9.17, 15) is 19.5 Å². The number of hydrogen-bond acceptors (Lipinski definition) is 9. The zero-order chi connectivity index (χ0) is 26.6. The van der Waals surface area contributed by atoms with Gasteiger partial charge < -0.3 is 24.6 Å². The number of methoxy groups -OCH3 is 1. The molecule has 0 radical (unpaired) electrons. The van der Waals surface area contributed by atoms with E-state index in [4.69, 9.17) is 14.2 Å². The second-order valence-electron chi connectivity index (χ2n) is 8.65. The first-order chi connectivity index (χ1) is 17.2. The van der Waals surface area contributed by atoms with Gasteiger partial charge in [-0.3, -0.25) is 9.59 Å². The number of ketones is 1. The van der Waals surface area contributed by atoms with E-state index in [1.165, 1.54) is 7.11 Å². The quantitative estimate of drug-likeness (QED) is 0.248. The number of benzene rings is 1. The normalized spacial score (nSPS) is 21.6. The number of rotatable bonds is 9. The molecule has 0 bridgehead atoms. The number of phenols is 1. The number of ether oxygens (including phenoxy) is 3. The zero-order valence-electron chi connectivity index (χ0n) is 21.1. The minimum absolute atomic E-state index is 0.0822. The van der Waals surface area contributed by atoms with Gasteiger partial charge in [-0.2, -0.15) is 11.8 Å². The molecule has 10 heteroatoms. The Morgan fingerprint density at radius 3 is 2.64 bits per heavy atom. The number of phenolic OH excluding ortho intramolecular Hbond substituents is 1. The predicted octanol–water partition coefficient (Wildman–Crippen LogP) is 4.46. The highest BCUT2D eigenvalue weighted by Crippen LogP contribution is 2.48. The molecule has 1 aromatic carbocycles. The minimum atomic E-state index is -0.985. The lowest BCUT2D eigenvalue weighted by Gasteiger charge is -2.38. The Morgan fingerprint density at radius 2 is 2.00 bits per heavy atom. The fraction of sp³-hybridized carbons (Fsp3) is 0.500. The number of nitrogens with one attached hydrogen (secondary N) is 1. The Labute approximate surface area is 223 Å². The van der Waals surface area contributed by atoms with Crippen LogP contribution in [0.3, 0.4) is 0 Å². The van der Waals surface area contributed by atoms with E-state index < -0.39 is 29.6 Å². The first-order valence-electron chi connectivity index (χ1n) is 11.9. The molecular weight excluding hydrogens is 550 g/mol. The van der Waals surface area contributed by atoms with Gasteiger partial charge in [0, 0.05) is 28.6 Å². The average molecular weight is 583 g/mol. The van der Waals surface area contributed by atoms with Crippen LogP contribution in [0.2, 0.25) is 0 Å². The Balaban J connectivity index is 2.17. The Kier molecular flexibility index (Phi) is 9.52. The largest absolute Gasteiger partial charge is 0.503 e. The molecule has 0 saturated carbocycles. The van der Waals surface area contributed by atoms with Crippen LogP contribution in [0.25, 0.3) is 0 Å². The summed E-state index contributed by atoms with van der Waals surface area (Å²) < 4.78 is 16.5. The van der Waals surface area contributed by atoms with Crippen molar-refractivity contribution in [3.8, 4) is 11.5 Å². The van der Waals surface area contributed by atoms with Crippen molar-refractivity contribution < 1.29 is 33.7 Å². The number of carbonyl (C=O) groups is 3. The fourth-order valence-electron chi connectivity index (χ4n) is 4.73. The number of carbonyl (C=O) groups excluding carboxylic acids is 3. The van der Waals surface area contributed by atoms with Gasteiger partial charge in [-0.05, 0) is 65.6 Å². The molecular formula is C26H32BrNO7S. The molecule has 36 heavy (non-hydrogen) atoms. The number of aromatic hydroxyl groups is 1. The predicted molar refractivity (Wildman–Crippen MR) is 141 cm³/mol. The number of esters is 2. The van der Waals surface area contributed by atoms with Gasteiger partial charge in [0.05, 0.1) is 23.8 Å². The summed E-state index contributed by atoms with van der Waals surface area (Å²) >= 11 is 5.02. The van der Waals surface area contributed by atoms with Crippen molar-refractivity contribution in [1.82, 2.24) is 5.32 Å². The fourth-order valence-corrected chi connectivity index (χ4v) is 5.68. The van der Waals surface area contributed by atoms with Crippen molar-refractivity contribution in [2.45, 2.75) is 40.0 Å². The summed E-state index contributed by atoms with van der Waals surface area (Å²) in [7, 11) is 1.26. The molecule has 0 saturated heterocycles. The third-order valence-electron chi connectivity index (χ3n) is 6.31. The van der Waals surface area contributed by atoms with Crippen LogP contribution in [0.5, 0.6) is 11.5 Å². The molecule has 8 nitrogen and oxygen atoms in total. The second-order valence-corrected chi connectivity index (χ2v) is 10.9. The SMILES string of the molecule is CCOc1cc([C@@H]2C(C(=O)OCCSCC)=C(C)NC3=C2C(=O)[C@H](C(=O)OC)[C@@H](C)C3)cc(Br)c1O. The first kappa shape index (κ1) is 28.1. The van der Waals surface area contributed by atoms with Crippen molar-refractivity contribution in [3.63, 3.8) is 0 Å². The monoisotopic (exact) mass is 581 g/mol. The molecule has 2 aliphatic rings. The Hall–Kier alpha value is -2.46. The molecule has 1 aliphatic heterocycles. The van der Waals surface area contributed by atoms with Crippen LogP contribution in [0.1, 0.15) is 45.6 Å². The lowest BCUT2D eigenvalue weighted by atomic mass is 9.69. The molecule has 0 spiro atoms. The molecule has 0 unspecified atom stereocenters. The third-order valence-corrected chi connectivity index (χ3v) is 7.78. The summed E-state index contributed by atoms with van der Waals surface area (Å²) in [4.78, 5) is 39.8. The van der Waals surface area contributed by atoms with E-state index in [1.807, 2.05) is 13.8 Å². The summed E-state index contributed by atoms with van der Waals surface area (Å²) in [6, 6.07) is 3.28. The summed E-state index contributed by atoms with van der Waals surface area (Å²) in [5.74, 6) is -1.94. The maximum absolute atomic E-state index is 13.8. The number of dihydropyridines is 1. The topological polar surface area (TPSA) is 111 Å². The lowest BCUT2D eigenvalue weighted by Crippen LogP contribution is -2.43. The molecule has 1 aromatic rings. The number of allylic oxidation sites excluding steroid dienone is 3. The van der Waals surface area contributed by atoms with Gasteiger partial charge in [-0.1, -0.05) is 13.8 Å². The number of hydrogen-bond donors (Lipinski definition) is 2. The van der Waals surface area contributed by atoms with Crippen LogP contribution < -0.4 is 10.1 Å². The van der Waals surface area contributed by atoms with Crippen LogP contribution in [-0.2, 0) is 23.9 Å². The molecule has 0 fully saturated rings. The standard InChI is InChI=1S/C26H32BrNO7S/c1-6-34-18-12-15(11-16(27)23(18)29)21-20(26(32)35-8-9-36-7-2)14(4)28-17-10-13(3)19(25(31)33-5)24(30)22(17)21/h11-13,19,21,28-29H,6-10H2,1-5H3/t13-,19+,21+/m0/s1. The van der Waals surface area contributed by atoms with Crippen molar-refractivity contribution >= 4 is 45.4 Å². The molecule has 0 aromatic heterocycles. The zero-order valence-corrected chi connectivity index (χ0v) is 23.5. The molecule has 1 aliphatic carbocycles. The van der Waals surface area contributed by atoms with Crippen molar-refractivity contribution in [2.24, 2.45) is 11.8 Å². The smallest absolute Gasteiger partial charge is 0.336 e.